The predicted molar refractivity (Wildman–Crippen MR) is 108 cm³/mol. The van der Waals surface area contributed by atoms with Crippen molar-refractivity contribution in [3.8, 4) is 0 Å². The van der Waals surface area contributed by atoms with E-state index in [1.54, 1.807) is 0 Å². The van der Waals surface area contributed by atoms with E-state index in [2.05, 4.69) is 12.2 Å². The lowest BCUT2D eigenvalue weighted by Crippen LogP contribution is -2.40. The van der Waals surface area contributed by atoms with Crippen molar-refractivity contribution in [3.05, 3.63) is 30.1 Å². The van der Waals surface area contributed by atoms with E-state index in [4.69, 9.17) is 9.72 Å². The maximum absolute atomic E-state index is 12.9. The van der Waals surface area contributed by atoms with Gasteiger partial charge in [0, 0.05) is 33.2 Å². The first-order chi connectivity index (χ1) is 13.6. The lowest BCUT2D eigenvalue weighted by molar-refractivity contribution is -0.133. The SMILES string of the molecule is COCC(=O)NCCCc1nc2ccccc2n1CC(=O)N1CCC(C)CC1. The lowest BCUT2D eigenvalue weighted by Gasteiger charge is -2.30. The van der Waals surface area contributed by atoms with Crippen LogP contribution in [0.15, 0.2) is 24.3 Å². The number of carbonyl (C=O) groups excluding carboxylic acids is 2. The van der Waals surface area contributed by atoms with Gasteiger partial charge in [0.15, 0.2) is 0 Å². The Kier molecular flexibility index (Phi) is 7.03. The predicted octanol–water partition coefficient (Wildman–Crippen LogP) is 1.99. The van der Waals surface area contributed by atoms with Crippen molar-refractivity contribution in [2.75, 3.05) is 33.4 Å². The van der Waals surface area contributed by atoms with Crippen LogP contribution in [0, 0.1) is 5.92 Å². The van der Waals surface area contributed by atoms with Crippen LogP contribution in [0.4, 0.5) is 0 Å². The number of aromatic nitrogens is 2. The molecule has 0 bridgehead atoms. The highest BCUT2D eigenvalue weighted by Gasteiger charge is 2.22. The van der Waals surface area contributed by atoms with Crippen LogP contribution < -0.4 is 5.32 Å². The zero-order chi connectivity index (χ0) is 19.9. The van der Waals surface area contributed by atoms with Gasteiger partial charge in [-0.1, -0.05) is 19.1 Å². The number of aryl methyl sites for hydroxylation is 1. The normalized spacial score (nSPS) is 15.1. The number of carbonyl (C=O) groups is 2. The van der Waals surface area contributed by atoms with Gasteiger partial charge in [0.2, 0.25) is 11.8 Å². The van der Waals surface area contributed by atoms with Gasteiger partial charge in [-0.2, -0.15) is 0 Å². The molecule has 7 heteroatoms. The van der Waals surface area contributed by atoms with Crippen LogP contribution in [0.1, 0.15) is 32.0 Å². The van der Waals surface area contributed by atoms with Crippen molar-refractivity contribution in [1.82, 2.24) is 19.8 Å². The number of ether oxygens (including phenoxy) is 1. The third-order valence-corrected chi connectivity index (χ3v) is 5.34. The number of fused-ring (bicyclic) bond motifs is 1. The van der Waals surface area contributed by atoms with Crippen molar-refractivity contribution in [2.45, 2.75) is 39.2 Å². The smallest absolute Gasteiger partial charge is 0.245 e. The van der Waals surface area contributed by atoms with Crippen LogP contribution in [-0.4, -0.2) is 59.6 Å². The number of nitrogens with one attached hydrogen (secondary N) is 1. The third-order valence-electron chi connectivity index (χ3n) is 5.34. The number of hydrogen-bond acceptors (Lipinski definition) is 4. The molecule has 0 spiro atoms. The number of piperidine rings is 1. The van der Waals surface area contributed by atoms with Gasteiger partial charge < -0.3 is 19.5 Å². The fourth-order valence-corrected chi connectivity index (χ4v) is 3.64. The molecule has 152 valence electrons. The Morgan fingerprint density at radius 3 is 2.75 bits per heavy atom. The van der Waals surface area contributed by atoms with Crippen molar-refractivity contribution >= 4 is 22.8 Å². The molecule has 2 amide bonds. The Balaban J connectivity index is 1.67. The minimum atomic E-state index is -0.120. The van der Waals surface area contributed by atoms with E-state index < -0.39 is 0 Å². The molecule has 0 atom stereocenters. The first-order valence-corrected chi connectivity index (χ1v) is 10.1. The molecule has 1 aliphatic rings. The van der Waals surface area contributed by atoms with Crippen LogP contribution in [0.2, 0.25) is 0 Å². The first-order valence-electron chi connectivity index (χ1n) is 10.1. The topological polar surface area (TPSA) is 76.5 Å². The zero-order valence-electron chi connectivity index (χ0n) is 16.8. The number of nitrogens with zero attached hydrogens (tertiary/aromatic N) is 3. The second-order valence-corrected chi connectivity index (χ2v) is 7.55. The Bertz CT molecular complexity index is 809. The molecule has 0 saturated carbocycles. The Labute approximate surface area is 166 Å². The van der Waals surface area contributed by atoms with E-state index in [-0.39, 0.29) is 18.4 Å². The summed E-state index contributed by atoms with van der Waals surface area (Å²) >= 11 is 0. The maximum atomic E-state index is 12.9. The Morgan fingerprint density at radius 2 is 2.00 bits per heavy atom. The summed E-state index contributed by atoms with van der Waals surface area (Å²) in [6.07, 6.45) is 3.61. The fraction of sp³-hybridized carbons (Fsp3) is 0.571. The van der Waals surface area contributed by atoms with E-state index in [1.165, 1.54) is 7.11 Å². The van der Waals surface area contributed by atoms with Gasteiger partial charge in [-0.15, -0.1) is 0 Å². The van der Waals surface area contributed by atoms with Crippen LogP contribution in [0.3, 0.4) is 0 Å². The maximum Gasteiger partial charge on any atom is 0.245 e. The summed E-state index contributed by atoms with van der Waals surface area (Å²) in [4.78, 5) is 31.1. The van der Waals surface area contributed by atoms with Crippen LogP contribution in [0.25, 0.3) is 11.0 Å². The lowest BCUT2D eigenvalue weighted by atomic mass is 9.99. The summed E-state index contributed by atoms with van der Waals surface area (Å²) in [5, 5.41) is 2.83. The van der Waals surface area contributed by atoms with Crippen LogP contribution >= 0.6 is 0 Å². The minimum absolute atomic E-state index is 0.0709. The number of rotatable bonds is 8. The number of likely N-dealkylation sites (tertiary alicyclic amines) is 1. The van der Waals surface area contributed by atoms with Gasteiger partial charge >= 0.3 is 0 Å². The van der Waals surface area contributed by atoms with Gasteiger partial charge in [0.05, 0.1) is 11.0 Å². The van der Waals surface area contributed by atoms with Gasteiger partial charge in [-0.25, -0.2) is 4.98 Å². The summed E-state index contributed by atoms with van der Waals surface area (Å²) in [6, 6.07) is 7.92. The number of hydrogen-bond donors (Lipinski definition) is 1. The highest BCUT2D eigenvalue weighted by atomic mass is 16.5. The van der Waals surface area contributed by atoms with E-state index >= 15 is 0 Å². The minimum Gasteiger partial charge on any atom is -0.375 e. The molecule has 1 aliphatic heterocycles. The van der Waals surface area contributed by atoms with Crippen molar-refractivity contribution in [3.63, 3.8) is 0 Å². The van der Waals surface area contributed by atoms with E-state index in [0.717, 1.165) is 49.2 Å². The largest absolute Gasteiger partial charge is 0.375 e. The molecule has 1 N–H and O–H groups in total. The number of benzene rings is 1. The monoisotopic (exact) mass is 386 g/mol. The molecule has 28 heavy (non-hydrogen) atoms. The molecule has 7 nitrogen and oxygen atoms in total. The number of amides is 2. The van der Waals surface area contributed by atoms with Crippen molar-refractivity contribution in [1.29, 1.82) is 0 Å². The van der Waals surface area contributed by atoms with Crippen molar-refractivity contribution in [2.24, 2.45) is 5.92 Å². The molecule has 0 radical (unpaired) electrons. The van der Waals surface area contributed by atoms with Gasteiger partial charge in [-0.3, -0.25) is 9.59 Å². The molecular formula is C21H30N4O3. The standard InChI is InChI=1S/C21H30N4O3/c1-16-9-12-24(13-10-16)21(27)14-25-18-7-4-3-6-17(18)23-19(25)8-5-11-22-20(26)15-28-2/h3-4,6-7,16H,5,8-15H2,1-2H3,(H,22,26). The molecule has 1 saturated heterocycles. The molecule has 1 aromatic heterocycles. The highest BCUT2D eigenvalue weighted by Crippen LogP contribution is 2.20. The molecular weight excluding hydrogens is 356 g/mol. The summed E-state index contributed by atoms with van der Waals surface area (Å²) in [7, 11) is 1.50. The van der Waals surface area contributed by atoms with E-state index in [0.29, 0.717) is 25.4 Å². The number of methoxy groups -OCH3 is 1. The van der Waals surface area contributed by atoms with Gasteiger partial charge in [0.25, 0.3) is 0 Å². The molecule has 0 unspecified atom stereocenters. The molecule has 2 aromatic rings. The third kappa shape index (κ3) is 5.10. The van der Waals surface area contributed by atoms with Gasteiger partial charge in [0.1, 0.15) is 19.0 Å². The second-order valence-electron chi connectivity index (χ2n) is 7.55. The molecule has 1 fully saturated rings. The van der Waals surface area contributed by atoms with E-state index in [1.807, 2.05) is 33.7 Å². The zero-order valence-corrected chi connectivity index (χ0v) is 16.8. The average Bonchev–Trinajstić information content (AvgIpc) is 3.03. The summed E-state index contributed by atoms with van der Waals surface area (Å²) in [5.74, 6) is 1.62. The summed E-state index contributed by atoms with van der Waals surface area (Å²) in [6.45, 7) is 4.88. The average molecular weight is 386 g/mol. The first kappa shape index (κ1) is 20.3. The Hall–Kier alpha value is -2.41. The molecule has 0 aliphatic carbocycles. The van der Waals surface area contributed by atoms with Crippen LogP contribution in [-0.2, 0) is 27.3 Å². The van der Waals surface area contributed by atoms with Crippen molar-refractivity contribution < 1.29 is 14.3 Å². The Morgan fingerprint density at radius 1 is 1.25 bits per heavy atom. The quantitative estimate of drug-likeness (QED) is 0.704. The number of para-hydroxylation sites is 2. The van der Waals surface area contributed by atoms with E-state index in [9.17, 15) is 9.59 Å². The second kappa shape index (κ2) is 9.68. The fourth-order valence-electron chi connectivity index (χ4n) is 3.64. The molecule has 2 heterocycles. The molecule has 1 aromatic carbocycles. The summed E-state index contributed by atoms with van der Waals surface area (Å²) < 4.78 is 6.85. The van der Waals surface area contributed by atoms with Crippen LogP contribution in [0.5, 0.6) is 0 Å². The van der Waals surface area contributed by atoms with Gasteiger partial charge in [-0.05, 0) is 37.3 Å². The molecule has 3 rings (SSSR count). The highest BCUT2D eigenvalue weighted by molar-refractivity contribution is 5.81. The summed E-state index contributed by atoms with van der Waals surface area (Å²) in [5.41, 5.74) is 1.89. The number of imidazole rings is 1.